The number of hydrogen-bond acceptors (Lipinski definition) is 3. The summed E-state index contributed by atoms with van der Waals surface area (Å²) < 4.78 is 64.1. The number of hydrogen-bond donors (Lipinski definition) is 1. The van der Waals surface area contributed by atoms with Gasteiger partial charge in [-0.25, -0.2) is 0 Å². The minimum absolute atomic E-state index is 0.296. The molecule has 1 amide bonds. The van der Waals surface area contributed by atoms with Gasteiger partial charge in [0.25, 0.3) is 0 Å². The lowest BCUT2D eigenvalue weighted by Crippen LogP contribution is -2.39. The van der Waals surface area contributed by atoms with Gasteiger partial charge in [-0.2, -0.15) is 21.6 Å². The highest BCUT2D eigenvalue weighted by Gasteiger charge is 2.43. The van der Waals surface area contributed by atoms with Crippen molar-refractivity contribution in [3.8, 4) is 0 Å². The summed E-state index contributed by atoms with van der Waals surface area (Å²) in [6.07, 6.45) is -5.22. The number of halogens is 3. The summed E-state index contributed by atoms with van der Waals surface area (Å²) in [6, 6.07) is 0. The fraction of sp³-hybridized carbons (Fsp3) is 0.400. The summed E-state index contributed by atoms with van der Waals surface area (Å²) in [4.78, 5) is 10.1. The maximum atomic E-state index is 11.7. The molecule has 14 heavy (non-hydrogen) atoms. The molecule has 0 aromatic carbocycles. The molecule has 0 heterocycles. The lowest BCUT2D eigenvalue weighted by molar-refractivity contribution is -0.181. The molecule has 0 aromatic heterocycles. The van der Waals surface area contributed by atoms with E-state index in [1.54, 1.807) is 0 Å². The van der Waals surface area contributed by atoms with Crippen LogP contribution in [-0.4, -0.2) is 37.0 Å². The molecule has 82 valence electrons. The zero-order valence-corrected chi connectivity index (χ0v) is 7.68. The monoisotopic (exact) mass is 233 g/mol. The third-order valence-electron chi connectivity index (χ3n) is 1.22. The molecule has 0 aliphatic rings. The summed E-state index contributed by atoms with van der Waals surface area (Å²) in [5.74, 6) is -2.43. The molecule has 0 spiro atoms. The summed E-state index contributed by atoms with van der Waals surface area (Å²) >= 11 is 0. The van der Waals surface area contributed by atoms with Gasteiger partial charge in [0, 0.05) is 7.05 Å². The highest BCUT2D eigenvalue weighted by Crippen LogP contribution is 2.20. The smallest absolute Gasteiger partial charge is 0.296 e. The van der Waals surface area contributed by atoms with Gasteiger partial charge in [-0.05, 0) is 0 Å². The minimum Gasteiger partial charge on any atom is -0.296 e. The third-order valence-corrected chi connectivity index (χ3v) is 2.09. The van der Waals surface area contributed by atoms with Crippen LogP contribution in [0.2, 0.25) is 0 Å². The predicted molar refractivity (Wildman–Crippen MR) is 39.5 cm³/mol. The Kier molecular flexibility index (Phi) is 3.30. The molecule has 0 fully saturated rings. The van der Waals surface area contributed by atoms with Crippen LogP contribution in [0.1, 0.15) is 0 Å². The van der Waals surface area contributed by atoms with Crippen molar-refractivity contribution >= 4 is 16.0 Å². The van der Waals surface area contributed by atoms with Gasteiger partial charge in [-0.3, -0.25) is 14.2 Å². The second-order valence-electron chi connectivity index (χ2n) is 2.23. The zero-order valence-electron chi connectivity index (χ0n) is 6.87. The van der Waals surface area contributed by atoms with E-state index < -0.39 is 27.2 Å². The van der Waals surface area contributed by atoms with E-state index in [0.29, 0.717) is 7.05 Å². The lowest BCUT2D eigenvalue weighted by Gasteiger charge is -2.18. The average Bonchev–Trinajstić information content (AvgIpc) is 1.97. The Morgan fingerprint density at radius 2 is 1.79 bits per heavy atom. The first kappa shape index (κ1) is 12.9. The summed E-state index contributed by atoms with van der Waals surface area (Å²) in [5.41, 5.74) is 0. The van der Waals surface area contributed by atoms with Gasteiger partial charge in [0.1, 0.15) is 0 Å². The quantitative estimate of drug-likeness (QED) is 0.699. The van der Waals surface area contributed by atoms with Crippen LogP contribution in [0.15, 0.2) is 11.6 Å². The van der Waals surface area contributed by atoms with E-state index in [1.165, 1.54) is 0 Å². The standard InChI is InChI=1S/C5H6F3NO4S/c1-3(14(11,12)13)9(2)4(10)5(6,7)8/h1H2,2H3,(H,11,12,13). The van der Waals surface area contributed by atoms with Gasteiger partial charge in [0.15, 0.2) is 5.03 Å². The summed E-state index contributed by atoms with van der Waals surface area (Å²) in [6.45, 7) is 2.63. The molecule has 0 unspecified atom stereocenters. The molecule has 0 aromatic rings. The molecule has 0 saturated carbocycles. The van der Waals surface area contributed by atoms with Gasteiger partial charge < -0.3 is 0 Å². The van der Waals surface area contributed by atoms with Gasteiger partial charge in [0.05, 0.1) is 0 Å². The second-order valence-corrected chi connectivity index (χ2v) is 3.65. The molecule has 9 heteroatoms. The van der Waals surface area contributed by atoms with Crippen molar-refractivity contribution in [2.24, 2.45) is 0 Å². The predicted octanol–water partition coefficient (Wildman–Crippen LogP) is 0.366. The van der Waals surface area contributed by atoms with E-state index in [-0.39, 0.29) is 4.90 Å². The Morgan fingerprint density at radius 1 is 1.43 bits per heavy atom. The van der Waals surface area contributed by atoms with E-state index in [1.807, 2.05) is 0 Å². The first-order valence-corrected chi connectivity index (χ1v) is 4.43. The first-order chi connectivity index (χ1) is 5.98. The van der Waals surface area contributed by atoms with Crippen molar-refractivity contribution in [1.82, 2.24) is 4.90 Å². The van der Waals surface area contributed by atoms with Crippen LogP contribution < -0.4 is 0 Å². The molecular formula is C5H6F3NO4S. The molecule has 0 aliphatic carbocycles. The zero-order chi connectivity index (χ0) is 11.7. The van der Waals surface area contributed by atoms with Crippen molar-refractivity contribution in [2.45, 2.75) is 6.18 Å². The topological polar surface area (TPSA) is 74.7 Å². The fourth-order valence-electron chi connectivity index (χ4n) is 0.476. The van der Waals surface area contributed by atoms with Crippen LogP contribution in [0.4, 0.5) is 13.2 Å². The van der Waals surface area contributed by atoms with E-state index in [4.69, 9.17) is 4.55 Å². The largest absolute Gasteiger partial charge is 0.471 e. The van der Waals surface area contributed by atoms with Gasteiger partial charge in [-0.1, -0.05) is 6.58 Å². The number of rotatable bonds is 2. The van der Waals surface area contributed by atoms with Crippen LogP contribution in [0.5, 0.6) is 0 Å². The average molecular weight is 233 g/mol. The number of amides is 1. The van der Waals surface area contributed by atoms with Crippen LogP contribution in [-0.2, 0) is 14.9 Å². The Balaban J connectivity index is 4.93. The van der Waals surface area contributed by atoms with Gasteiger partial charge in [0.2, 0.25) is 0 Å². The maximum Gasteiger partial charge on any atom is 0.471 e. The van der Waals surface area contributed by atoms with E-state index in [9.17, 15) is 26.4 Å². The SMILES string of the molecule is C=C(N(C)C(=O)C(F)(F)F)S(=O)(=O)O. The highest BCUT2D eigenvalue weighted by atomic mass is 32.2. The van der Waals surface area contributed by atoms with Crippen molar-refractivity contribution in [1.29, 1.82) is 0 Å². The Hall–Kier alpha value is -1.09. The number of carbonyl (C=O) groups is 1. The van der Waals surface area contributed by atoms with Crippen molar-refractivity contribution in [3.63, 3.8) is 0 Å². The van der Waals surface area contributed by atoms with Crippen LogP contribution in [0.25, 0.3) is 0 Å². The van der Waals surface area contributed by atoms with E-state index in [2.05, 4.69) is 6.58 Å². The second kappa shape index (κ2) is 3.58. The molecule has 0 bridgehead atoms. The molecule has 0 saturated heterocycles. The molecular weight excluding hydrogens is 227 g/mol. The van der Waals surface area contributed by atoms with Crippen LogP contribution >= 0.6 is 0 Å². The van der Waals surface area contributed by atoms with E-state index >= 15 is 0 Å². The van der Waals surface area contributed by atoms with Crippen molar-refractivity contribution in [3.05, 3.63) is 11.6 Å². The number of carbonyl (C=O) groups excluding carboxylic acids is 1. The lowest BCUT2D eigenvalue weighted by atomic mass is 10.5. The van der Waals surface area contributed by atoms with Gasteiger partial charge >= 0.3 is 22.2 Å². The molecule has 0 rings (SSSR count). The molecule has 0 aliphatic heterocycles. The normalized spacial score (nSPS) is 12.4. The number of alkyl halides is 3. The Morgan fingerprint density at radius 3 is 2.00 bits per heavy atom. The first-order valence-electron chi connectivity index (χ1n) is 2.99. The van der Waals surface area contributed by atoms with Crippen molar-refractivity contribution in [2.75, 3.05) is 7.05 Å². The fourth-order valence-corrected chi connectivity index (χ4v) is 0.905. The van der Waals surface area contributed by atoms with Crippen LogP contribution in [0, 0.1) is 0 Å². The summed E-state index contributed by atoms with van der Waals surface area (Å²) in [7, 11) is -4.36. The van der Waals surface area contributed by atoms with Crippen LogP contribution in [0.3, 0.4) is 0 Å². The third kappa shape index (κ3) is 3.00. The summed E-state index contributed by atoms with van der Waals surface area (Å²) in [5, 5.41) is -1.33. The molecule has 0 radical (unpaired) electrons. The molecule has 5 nitrogen and oxygen atoms in total. The molecule has 1 N–H and O–H groups in total. The molecule has 0 atom stereocenters. The van der Waals surface area contributed by atoms with Crippen molar-refractivity contribution < 1.29 is 30.9 Å². The number of nitrogens with zero attached hydrogens (tertiary/aromatic N) is 1. The maximum absolute atomic E-state index is 11.7. The Bertz CT molecular complexity index is 358. The van der Waals surface area contributed by atoms with E-state index in [0.717, 1.165) is 0 Å². The minimum atomic E-state index is -5.22. The van der Waals surface area contributed by atoms with Gasteiger partial charge in [-0.15, -0.1) is 0 Å². The highest BCUT2D eigenvalue weighted by molar-refractivity contribution is 7.89. The Labute approximate surface area is 77.6 Å².